The average Bonchev–Trinajstić information content (AvgIpc) is 2.94. The zero-order valence-electron chi connectivity index (χ0n) is 15.4. The maximum absolute atomic E-state index is 12.3. The van der Waals surface area contributed by atoms with Crippen molar-refractivity contribution in [2.45, 2.75) is 52.5 Å². The second kappa shape index (κ2) is 8.17. The molecular weight excluding hydrogens is 330 g/mol. The minimum atomic E-state index is -0.0452. The molecular formula is C20H25N3O3. The molecule has 0 aliphatic carbocycles. The Labute approximate surface area is 153 Å². The molecule has 0 atom stereocenters. The first kappa shape index (κ1) is 18.2. The summed E-state index contributed by atoms with van der Waals surface area (Å²) in [7, 11) is 0. The third-order valence-corrected chi connectivity index (χ3v) is 4.79. The third-order valence-electron chi connectivity index (χ3n) is 4.79. The summed E-state index contributed by atoms with van der Waals surface area (Å²) in [5.41, 5.74) is 3.63. The van der Waals surface area contributed by atoms with Crippen LogP contribution in [0.25, 0.3) is 0 Å². The van der Waals surface area contributed by atoms with E-state index in [-0.39, 0.29) is 11.8 Å². The lowest BCUT2D eigenvalue weighted by Gasteiger charge is -2.26. The number of aromatic nitrogens is 1. The van der Waals surface area contributed by atoms with Crippen LogP contribution in [-0.2, 0) is 22.6 Å². The number of piperidine rings is 1. The van der Waals surface area contributed by atoms with Crippen molar-refractivity contribution < 1.29 is 14.1 Å². The first-order valence-corrected chi connectivity index (χ1v) is 9.11. The number of rotatable bonds is 6. The van der Waals surface area contributed by atoms with Gasteiger partial charge in [-0.25, -0.2) is 0 Å². The van der Waals surface area contributed by atoms with E-state index >= 15 is 0 Å². The highest BCUT2D eigenvalue weighted by Gasteiger charge is 2.18. The quantitative estimate of drug-likeness (QED) is 0.862. The topological polar surface area (TPSA) is 75.4 Å². The average molecular weight is 355 g/mol. The molecule has 2 aromatic rings. The molecule has 0 unspecified atom stereocenters. The van der Waals surface area contributed by atoms with Gasteiger partial charge < -0.3 is 14.7 Å². The van der Waals surface area contributed by atoms with E-state index in [1.165, 1.54) is 0 Å². The largest absolute Gasteiger partial charge is 0.361 e. The first-order valence-electron chi connectivity index (χ1n) is 9.11. The predicted molar refractivity (Wildman–Crippen MR) is 98.6 cm³/mol. The van der Waals surface area contributed by atoms with Gasteiger partial charge in [0.1, 0.15) is 5.76 Å². The molecule has 1 aromatic carbocycles. The molecule has 0 bridgehead atoms. The monoisotopic (exact) mass is 355 g/mol. The van der Waals surface area contributed by atoms with Gasteiger partial charge in [0.15, 0.2) is 0 Å². The Morgan fingerprint density at radius 2 is 2.15 bits per heavy atom. The van der Waals surface area contributed by atoms with Gasteiger partial charge in [0.05, 0.1) is 5.69 Å². The van der Waals surface area contributed by atoms with Crippen LogP contribution in [0.5, 0.6) is 0 Å². The third kappa shape index (κ3) is 4.50. The van der Waals surface area contributed by atoms with Crippen LogP contribution in [0.15, 0.2) is 28.8 Å². The number of hydrogen-bond donors (Lipinski definition) is 1. The van der Waals surface area contributed by atoms with E-state index in [0.717, 1.165) is 47.7 Å². The summed E-state index contributed by atoms with van der Waals surface area (Å²) < 4.78 is 5.13. The highest BCUT2D eigenvalue weighted by Crippen LogP contribution is 2.18. The van der Waals surface area contributed by atoms with Gasteiger partial charge in [0, 0.05) is 37.2 Å². The number of likely N-dealkylation sites (tertiary alicyclic amines) is 1. The predicted octanol–water partition coefficient (Wildman–Crippen LogP) is 3.38. The smallest absolute Gasteiger partial charge is 0.224 e. The summed E-state index contributed by atoms with van der Waals surface area (Å²) in [4.78, 5) is 26.1. The van der Waals surface area contributed by atoms with Gasteiger partial charge in [0.2, 0.25) is 11.8 Å². The Bertz CT molecular complexity index is 778. The molecule has 1 aliphatic heterocycles. The minimum Gasteiger partial charge on any atom is -0.361 e. The van der Waals surface area contributed by atoms with E-state index < -0.39 is 0 Å². The van der Waals surface area contributed by atoms with Gasteiger partial charge in [-0.15, -0.1) is 0 Å². The summed E-state index contributed by atoms with van der Waals surface area (Å²) in [5.74, 6) is 0.935. The second-order valence-corrected chi connectivity index (χ2v) is 6.82. The van der Waals surface area contributed by atoms with Crippen molar-refractivity contribution in [1.29, 1.82) is 0 Å². The molecule has 1 saturated heterocycles. The van der Waals surface area contributed by atoms with Gasteiger partial charge >= 0.3 is 0 Å². The van der Waals surface area contributed by atoms with E-state index in [9.17, 15) is 9.59 Å². The van der Waals surface area contributed by atoms with Crippen molar-refractivity contribution in [2.75, 3.05) is 11.9 Å². The number of aryl methyl sites for hydroxylation is 2. The molecule has 2 amide bonds. The maximum atomic E-state index is 12.3. The number of anilines is 1. The van der Waals surface area contributed by atoms with Crippen molar-refractivity contribution in [3.63, 3.8) is 0 Å². The molecule has 1 N–H and O–H groups in total. The standard InChI is InChI=1S/C20H25N3O3/c1-14-18(15(2)26-22-14)9-10-19(24)21-17-7-5-6-16(12-17)13-23-11-4-3-8-20(23)25/h5-7,12H,3-4,8-11,13H2,1-2H3,(H,21,24). The van der Waals surface area contributed by atoms with Crippen LogP contribution < -0.4 is 5.32 Å². The lowest BCUT2D eigenvalue weighted by atomic mass is 10.1. The fourth-order valence-corrected chi connectivity index (χ4v) is 3.32. The van der Waals surface area contributed by atoms with Crippen molar-refractivity contribution in [1.82, 2.24) is 10.1 Å². The highest BCUT2D eigenvalue weighted by atomic mass is 16.5. The fraction of sp³-hybridized carbons (Fsp3) is 0.450. The molecule has 0 saturated carbocycles. The van der Waals surface area contributed by atoms with Crippen LogP contribution in [-0.4, -0.2) is 28.4 Å². The van der Waals surface area contributed by atoms with E-state index in [2.05, 4.69) is 10.5 Å². The number of benzene rings is 1. The van der Waals surface area contributed by atoms with E-state index in [0.29, 0.717) is 25.8 Å². The van der Waals surface area contributed by atoms with E-state index in [1.807, 2.05) is 43.0 Å². The molecule has 6 heteroatoms. The Hall–Kier alpha value is -2.63. The van der Waals surface area contributed by atoms with Crippen LogP contribution in [0.1, 0.15) is 48.3 Å². The van der Waals surface area contributed by atoms with Gasteiger partial charge in [0.25, 0.3) is 0 Å². The highest BCUT2D eigenvalue weighted by molar-refractivity contribution is 5.91. The number of carbonyl (C=O) groups is 2. The number of amides is 2. The Kier molecular flexibility index (Phi) is 5.71. The maximum Gasteiger partial charge on any atom is 0.224 e. The summed E-state index contributed by atoms with van der Waals surface area (Å²) in [6.07, 6.45) is 3.66. The summed E-state index contributed by atoms with van der Waals surface area (Å²) in [6, 6.07) is 7.71. The zero-order chi connectivity index (χ0) is 18.5. The van der Waals surface area contributed by atoms with Crippen LogP contribution in [0.3, 0.4) is 0 Å². The molecule has 1 aromatic heterocycles. The molecule has 2 heterocycles. The van der Waals surface area contributed by atoms with Gasteiger partial charge in [-0.05, 0) is 50.8 Å². The van der Waals surface area contributed by atoms with Gasteiger partial charge in [-0.3, -0.25) is 9.59 Å². The van der Waals surface area contributed by atoms with Crippen LogP contribution in [0, 0.1) is 13.8 Å². The van der Waals surface area contributed by atoms with Crippen molar-refractivity contribution in [3.05, 3.63) is 46.8 Å². The van der Waals surface area contributed by atoms with Crippen LogP contribution in [0.4, 0.5) is 5.69 Å². The lowest BCUT2D eigenvalue weighted by molar-refractivity contribution is -0.133. The number of carbonyl (C=O) groups excluding carboxylic acids is 2. The fourth-order valence-electron chi connectivity index (χ4n) is 3.32. The molecule has 1 aliphatic rings. The summed E-state index contributed by atoms with van der Waals surface area (Å²) in [5, 5.41) is 6.85. The minimum absolute atomic E-state index is 0.0452. The first-order chi connectivity index (χ1) is 12.5. The number of nitrogens with one attached hydrogen (secondary N) is 1. The van der Waals surface area contributed by atoms with Gasteiger partial charge in [-0.2, -0.15) is 0 Å². The normalized spacial score (nSPS) is 14.5. The second-order valence-electron chi connectivity index (χ2n) is 6.82. The molecule has 0 spiro atoms. The summed E-state index contributed by atoms with van der Waals surface area (Å²) in [6.45, 7) is 5.15. The van der Waals surface area contributed by atoms with Crippen molar-refractivity contribution in [2.24, 2.45) is 0 Å². The van der Waals surface area contributed by atoms with Crippen molar-refractivity contribution >= 4 is 17.5 Å². The number of hydrogen-bond acceptors (Lipinski definition) is 4. The molecule has 3 rings (SSSR count). The Balaban J connectivity index is 1.56. The molecule has 0 radical (unpaired) electrons. The van der Waals surface area contributed by atoms with Crippen LogP contribution >= 0.6 is 0 Å². The molecule has 6 nitrogen and oxygen atoms in total. The SMILES string of the molecule is Cc1noc(C)c1CCC(=O)Nc1cccc(CN2CCCCC2=O)c1. The van der Waals surface area contributed by atoms with Gasteiger partial charge in [-0.1, -0.05) is 17.3 Å². The zero-order valence-corrected chi connectivity index (χ0v) is 15.4. The van der Waals surface area contributed by atoms with E-state index in [4.69, 9.17) is 4.52 Å². The van der Waals surface area contributed by atoms with Crippen molar-refractivity contribution in [3.8, 4) is 0 Å². The summed E-state index contributed by atoms with van der Waals surface area (Å²) >= 11 is 0. The lowest BCUT2D eigenvalue weighted by Crippen LogP contribution is -2.34. The Morgan fingerprint density at radius 1 is 1.31 bits per heavy atom. The van der Waals surface area contributed by atoms with Crippen LogP contribution in [0.2, 0.25) is 0 Å². The molecule has 138 valence electrons. The Morgan fingerprint density at radius 3 is 2.88 bits per heavy atom. The molecule has 1 fully saturated rings. The molecule has 26 heavy (non-hydrogen) atoms. The number of nitrogens with zero attached hydrogens (tertiary/aromatic N) is 2. The van der Waals surface area contributed by atoms with E-state index in [1.54, 1.807) is 0 Å².